The molecule has 0 amide bonds. The van der Waals surface area contributed by atoms with Gasteiger partial charge in [-0.2, -0.15) is 0 Å². The molecule has 0 radical (unpaired) electrons. The molecule has 4 rings (SSSR count). The van der Waals surface area contributed by atoms with Gasteiger partial charge in [0.1, 0.15) is 0 Å². The lowest BCUT2D eigenvalue weighted by Gasteiger charge is -2.26. The first-order valence-electron chi connectivity index (χ1n) is 8.56. The maximum atomic E-state index is 11.9. The molecule has 0 aliphatic carbocycles. The molecule has 1 fully saturated rings. The zero-order chi connectivity index (χ0) is 18.0. The highest BCUT2D eigenvalue weighted by molar-refractivity contribution is 7.91. The van der Waals surface area contributed by atoms with Crippen molar-refractivity contribution in [1.82, 2.24) is 9.88 Å². The molecule has 7 heteroatoms. The van der Waals surface area contributed by atoms with E-state index in [2.05, 4.69) is 16.0 Å². The summed E-state index contributed by atoms with van der Waals surface area (Å²) in [6.07, 6.45) is 2.40. The van der Waals surface area contributed by atoms with E-state index < -0.39 is 9.84 Å². The van der Waals surface area contributed by atoms with Crippen molar-refractivity contribution in [3.05, 3.63) is 64.8 Å². The molecule has 3 aromatic rings. The third-order valence-electron chi connectivity index (χ3n) is 4.61. The van der Waals surface area contributed by atoms with Crippen LogP contribution in [0.25, 0.3) is 11.3 Å². The number of thiophene rings is 1. The lowest BCUT2D eigenvalue weighted by molar-refractivity contribution is 0.178. The molecular formula is C19H20N2O3S2. The van der Waals surface area contributed by atoms with Gasteiger partial charge in [0.15, 0.2) is 15.6 Å². The van der Waals surface area contributed by atoms with E-state index in [1.54, 1.807) is 17.5 Å². The highest BCUT2D eigenvalue weighted by atomic mass is 32.2. The lowest BCUT2D eigenvalue weighted by atomic mass is 10.2. The maximum Gasteiger partial charge on any atom is 0.209 e. The van der Waals surface area contributed by atoms with E-state index in [1.165, 1.54) is 4.88 Å². The third-order valence-corrected chi connectivity index (χ3v) is 7.23. The molecule has 26 heavy (non-hydrogen) atoms. The first kappa shape index (κ1) is 17.5. The van der Waals surface area contributed by atoms with E-state index in [-0.39, 0.29) is 17.5 Å². The predicted molar refractivity (Wildman–Crippen MR) is 103 cm³/mol. The molecule has 3 heterocycles. The molecule has 1 saturated heterocycles. The van der Waals surface area contributed by atoms with Crippen molar-refractivity contribution in [2.75, 3.05) is 11.5 Å². The Balaban J connectivity index is 1.54. The van der Waals surface area contributed by atoms with Crippen LogP contribution in [0.15, 0.2) is 58.5 Å². The number of nitrogens with zero attached hydrogens (tertiary/aromatic N) is 2. The van der Waals surface area contributed by atoms with Gasteiger partial charge in [-0.1, -0.05) is 36.4 Å². The monoisotopic (exact) mass is 388 g/mol. The summed E-state index contributed by atoms with van der Waals surface area (Å²) in [5.74, 6) is 1.82. The van der Waals surface area contributed by atoms with Crippen LogP contribution in [0.1, 0.15) is 17.2 Å². The van der Waals surface area contributed by atoms with Crippen LogP contribution in [0.2, 0.25) is 0 Å². The molecule has 1 atom stereocenters. The topological polar surface area (TPSA) is 63.4 Å². The van der Waals surface area contributed by atoms with Crippen LogP contribution in [-0.2, 0) is 22.9 Å². The number of benzene rings is 1. The number of hydrogen-bond acceptors (Lipinski definition) is 6. The summed E-state index contributed by atoms with van der Waals surface area (Å²) in [5.41, 5.74) is 0.986. The van der Waals surface area contributed by atoms with E-state index >= 15 is 0 Å². The Kier molecular flexibility index (Phi) is 4.93. The number of aromatic nitrogens is 1. The van der Waals surface area contributed by atoms with Crippen molar-refractivity contribution in [3.63, 3.8) is 0 Å². The molecule has 5 nitrogen and oxygen atoms in total. The van der Waals surface area contributed by atoms with Crippen molar-refractivity contribution in [2.45, 2.75) is 25.6 Å². The van der Waals surface area contributed by atoms with E-state index in [0.717, 1.165) is 11.3 Å². The van der Waals surface area contributed by atoms with Gasteiger partial charge in [0, 0.05) is 23.0 Å². The SMILES string of the molecule is O=S1(=O)CCC(N(Cc2ncc(-c3ccccc3)o2)Cc2cccs2)C1. The summed E-state index contributed by atoms with van der Waals surface area (Å²) in [5, 5.41) is 2.04. The lowest BCUT2D eigenvalue weighted by Crippen LogP contribution is -2.35. The van der Waals surface area contributed by atoms with Gasteiger partial charge >= 0.3 is 0 Å². The predicted octanol–water partition coefficient (Wildman–Crippen LogP) is 3.59. The van der Waals surface area contributed by atoms with Gasteiger partial charge in [-0.05, 0) is 17.9 Å². The quantitative estimate of drug-likeness (QED) is 0.646. The van der Waals surface area contributed by atoms with Crippen molar-refractivity contribution < 1.29 is 12.8 Å². The summed E-state index contributed by atoms with van der Waals surface area (Å²) in [6, 6.07) is 14.0. The Labute approximate surface area is 157 Å². The number of oxazole rings is 1. The van der Waals surface area contributed by atoms with Crippen molar-refractivity contribution in [1.29, 1.82) is 0 Å². The molecule has 1 aliphatic rings. The van der Waals surface area contributed by atoms with Gasteiger partial charge in [-0.3, -0.25) is 4.90 Å². The van der Waals surface area contributed by atoms with Crippen LogP contribution in [0, 0.1) is 0 Å². The summed E-state index contributed by atoms with van der Waals surface area (Å²) >= 11 is 1.68. The summed E-state index contributed by atoms with van der Waals surface area (Å²) in [7, 11) is -2.94. The minimum atomic E-state index is -2.94. The third kappa shape index (κ3) is 4.06. The molecule has 2 aromatic heterocycles. The number of sulfone groups is 1. The molecule has 1 aliphatic heterocycles. The van der Waals surface area contributed by atoms with Gasteiger partial charge < -0.3 is 4.42 Å². The zero-order valence-corrected chi connectivity index (χ0v) is 15.9. The minimum Gasteiger partial charge on any atom is -0.439 e. The highest BCUT2D eigenvalue weighted by Gasteiger charge is 2.33. The van der Waals surface area contributed by atoms with Crippen LogP contribution in [0.4, 0.5) is 0 Å². The first-order valence-corrected chi connectivity index (χ1v) is 11.3. The fraction of sp³-hybridized carbons (Fsp3) is 0.316. The van der Waals surface area contributed by atoms with Gasteiger partial charge in [0.2, 0.25) is 5.89 Å². The Hall–Kier alpha value is -1.96. The molecule has 0 saturated carbocycles. The van der Waals surface area contributed by atoms with Gasteiger partial charge in [-0.15, -0.1) is 11.3 Å². The van der Waals surface area contributed by atoms with Crippen LogP contribution in [-0.4, -0.2) is 35.8 Å². The molecule has 0 N–H and O–H groups in total. The second-order valence-electron chi connectivity index (χ2n) is 6.53. The number of rotatable bonds is 6. The molecule has 0 spiro atoms. The van der Waals surface area contributed by atoms with Crippen LogP contribution in [0.5, 0.6) is 0 Å². The Morgan fingerprint density at radius 1 is 1.15 bits per heavy atom. The fourth-order valence-corrected chi connectivity index (χ4v) is 5.76. The Morgan fingerprint density at radius 3 is 2.69 bits per heavy atom. The second kappa shape index (κ2) is 7.34. The maximum absolute atomic E-state index is 11.9. The van der Waals surface area contributed by atoms with Crippen molar-refractivity contribution in [2.24, 2.45) is 0 Å². The van der Waals surface area contributed by atoms with Crippen LogP contribution in [0.3, 0.4) is 0 Å². The first-order chi connectivity index (χ1) is 12.6. The van der Waals surface area contributed by atoms with E-state index in [9.17, 15) is 8.42 Å². The summed E-state index contributed by atoms with van der Waals surface area (Å²) < 4.78 is 29.8. The second-order valence-corrected chi connectivity index (χ2v) is 9.79. The molecule has 136 valence electrons. The molecule has 1 aromatic carbocycles. The molecule has 0 bridgehead atoms. The standard InChI is InChI=1S/C19H20N2O3S2/c22-26(23)10-8-16(14-26)21(12-17-7-4-9-25-17)13-19-20-11-18(24-19)15-5-2-1-3-6-15/h1-7,9,11,16H,8,10,12-14H2. The van der Waals surface area contributed by atoms with Crippen molar-refractivity contribution >= 4 is 21.2 Å². The Bertz CT molecular complexity index is 950. The fourth-order valence-electron chi connectivity index (χ4n) is 3.27. The average Bonchev–Trinajstić information content (AvgIpc) is 3.36. The van der Waals surface area contributed by atoms with E-state index in [4.69, 9.17) is 4.42 Å². The minimum absolute atomic E-state index is 0.00850. The summed E-state index contributed by atoms with van der Waals surface area (Å²) in [6.45, 7) is 1.21. The Morgan fingerprint density at radius 2 is 2.00 bits per heavy atom. The van der Waals surface area contributed by atoms with E-state index in [1.807, 2.05) is 41.8 Å². The number of hydrogen-bond donors (Lipinski definition) is 0. The molecular weight excluding hydrogens is 368 g/mol. The van der Waals surface area contributed by atoms with Crippen molar-refractivity contribution in [3.8, 4) is 11.3 Å². The largest absolute Gasteiger partial charge is 0.439 e. The summed E-state index contributed by atoms with van der Waals surface area (Å²) in [4.78, 5) is 7.80. The smallest absolute Gasteiger partial charge is 0.209 e. The normalized spacial score (nSPS) is 19.2. The van der Waals surface area contributed by atoms with Gasteiger partial charge in [0.05, 0.1) is 24.2 Å². The van der Waals surface area contributed by atoms with Crippen LogP contribution < -0.4 is 0 Å². The van der Waals surface area contributed by atoms with E-state index in [0.29, 0.717) is 25.4 Å². The highest BCUT2D eigenvalue weighted by Crippen LogP contribution is 2.25. The van der Waals surface area contributed by atoms with Crippen LogP contribution >= 0.6 is 11.3 Å². The molecule has 1 unspecified atom stereocenters. The average molecular weight is 389 g/mol. The zero-order valence-electron chi connectivity index (χ0n) is 14.2. The van der Waals surface area contributed by atoms with Gasteiger partial charge in [0.25, 0.3) is 0 Å². The van der Waals surface area contributed by atoms with Gasteiger partial charge in [-0.25, -0.2) is 13.4 Å².